The molecule has 1 aromatic carbocycles. The van der Waals surface area contributed by atoms with Gasteiger partial charge in [-0.3, -0.25) is 0 Å². The maximum Gasteiger partial charge on any atom is 0.167 e. The molecule has 3 aromatic rings. The van der Waals surface area contributed by atoms with Gasteiger partial charge in [0.25, 0.3) is 0 Å². The third-order valence-electron chi connectivity index (χ3n) is 2.66. The Hall–Kier alpha value is -1.92. The number of rotatable bonds is 4. The largest absolute Gasteiger partial charge is 0.396 e. The second-order valence-corrected chi connectivity index (χ2v) is 4.96. The summed E-state index contributed by atoms with van der Waals surface area (Å²) in [4.78, 5) is 8.54. The number of hydrogen-bond donors (Lipinski definition) is 1. The van der Waals surface area contributed by atoms with Gasteiger partial charge in [0, 0.05) is 5.75 Å². The normalized spacial score (nSPS) is 11.0. The van der Waals surface area contributed by atoms with E-state index in [1.165, 1.54) is 18.1 Å². The number of hydrogen-bond acceptors (Lipinski definition) is 5. The van der Waals surface area contributed by atoms with E-state index in [-0.39, 0.29) is 6.61 Å². The lowest BCUT2D eigenvalue weighted by Crippen LogP contribution is -1.97. The molecule has 0 unspecified atom stereocenters. The highest BCUT2D eigenvalue weighted by Gasteiger charge is 2.10. The van der Waals surface area contributed by atoms with Crippen LogP contribution in [0.15, 0.2) is 47.9 Å². The van der Waals surface area contributed by atoms with Gasteiger partial charge >= 0.3 is 0 Å². The van der Waals surface area contributed by atoms with Gasteiger partial charge in [-0.25, -0.2) is 14.6 Å². The van der Waals surface area contributed by atoms with E-state index in [1.807, 2.05) is 30.3 Å². The minimum absolute atomic E-state index is 0.128. The van der Waals surface area contributed by atoms with Gasteiger partial charge in [-0.1, -0.05) is 18.2 Å². The van der Waals surface area contributed by atoms with Gasteiger partial charge in [-0.15, -0.1) is 11.8 Å². The van der Waals surface area contributed by atoms with Crippen molar-refractivity contribution in [2.24, 2.45) is 0 Å². The molecule has 19 heavy (non-hydrogen) atoms. The van der Waals surface area contributed by atoms with Crippen molar-refractivity contribution < 1.29 is 5.11 Å². The van der Waals surface area contributed by atoms with Crippen molar-refractivity contribution in [2.45, 2.75) is 5.03 Å². The lowest BCUT2D eigenvalue weighted by molar-refractivity contribution is 0.322. The molecule has 0 amide bonds. The van der Waals surface area contributed by atoms with E-state index in [9.17, 15) is 0 Å². The van der Waals surface area contributed by atoms with Crippen molar-refractivity contribution in [2.75, 3.05) is 12.4 Å². The minimum atomic E-state index is 0.128. The zero-order chi connectivity index (χ0) is 13.1. The average molecular weight is 272 g/mol. The summed E-state index contributed by atoms with van der Waals surface area (Å²) in [5.74, 6) is 0.614. The second kappa shape index (κ2) is 5.38. The highest BCUT2D eigenvalue weighted by Crippen LogP contribution is 2.25. The van der Waals surface area contributed by atoms with Crippen LogP contribution in [0.5, 0.6) is 0 Å². The zero-order valence-corrected chi connectivity index (χ0v) is 10.9. The van der Waals surface area contributed by atoms with E-state index >= 15 is 0 Å². The monoisotopic (exact) mass is 272 g/mol. The van der Waals surface area contributed by atoms with Gasteiger partial charge in [0.2, 0.25) is 0 Å². The lowest BCUT2D eigenvalue weighted by Gasteiger charge is -2.03. The number of fused-ring (bicyclic) bond motifs is 1. The van der Waals surface area contributed by atoms with Crippen LogP contribution in [0.1, 0.15) is 0 Å². The Bertz CT molecular complexity index is 683. The number of nitrogens with zero attached hydrogens (tertiary/aromatic N) is 4. The van der Waals surface area contributed by atoms with Crippen LogP contribution in [-0.2, 0) is 0 Å². The number of para-hydroxylation sites is 1. The van der Waals surface area contributed by atoms with E-state index in [1.54, 1.807) is 10.9 Å². The lowest BCUT2D eigenvalue weighted by atomic mass is 10.3. The van der Waals surface area contributed by atoms with E-state index < -0.39 is 0 Å². The molecule has 2 heterocycles. The van der Waals surface area contributed by atoms with Crippen molar-refractivity contribution in [3.05, 3.63) is 42.9 Å². The fraction of sp³-hybridized carbons (Fsp3) is 0.154. The number of thioether (sulfide) groups is 1. The van der Waals surface area contributed by atoms with Crippen LogP contribution < -0.4 is 0 Å². The van der Waals surface area contributed by atoms with Crippen LogP contribution in [0.3, 0.4) is 0 Å². The van der Waals surface area contributed by atoms with Crippen molar-refractivity contribution >= 4 is 22.8 Å². The summed E-state index contributed by atoms with van der Waals surface area (Å²) >= 11 is 1.50. The summed E-state index contributed by atoms with van der Waals surface area (Å²) < 4.78 is 1.79. The fourth-order valence-corrected chi connectivity index (χ4v) is 2.54. The van der Waals surface area contributed by atoms with Crippen molar-refractivity contribution in [3.63, 3.8) is 0 Å². The van der Waals surface area contributed by atoms with Gasteiger partial charge in [0.15, 0.2) is 5.65 Å². The molecule has 0 saturated carbocycles. The van der Waals surface area contributed by atoms with Gasteiger partial charge in [-0.2, -0.15) is 5.10 Å². The molecule has 3 rings (SSSR count). The molecule has 0 radical (unpaired) electrons. The van der Waals surface area contributed by atoms with Gasteiger partial charge in [0.1, 0.15) is 11.4 Å². The summed E-state index contributed by atoms with van der Waals surface area (Å²) in [6.07, 6.45) is 3.30. The van der Waals surface area contributed by atoms with Gasteiger partial charge < -0.3 is 5.11 Å². The average Bonchev–Trinajstić information content (AvgIpc) is 2.90. The van der Waals surface area contributed by atoms with E-state index in [0.717, 1.165) is 21.7 Å². The molecule has 6 heteroatoms. The number of benzene rings is 1. The summed E-state index contributed by atoms with van der Waals surface area (Å²) in [6.45, 7) is 0.128. The Morgan fingerprint density at radius 3 is 2.79 bits per heavy atom. The summed E-state index contributed by atoms with van der Waals surface area (Å²) in [5, 5.41) is 15.0. The predicted molar refractivity (Wildman–Crippen MR) is 74.5 cm³/mol. The number of aromatic nitrogens is 4. The topological polar surface area (TPSA) is 63.8 Å². The number of aliphatic hydroxyl groups excluding tert-OH is 1. The Morgan fingerprint density at radius 2 is 2.00 bits per heavy atom. The summed E-state index contributed by atoms with van der Waals surface area (Å²) in [7, 11) is 0. The molecule has 1 N–H and O–H groups in total. The Kier molecular flexibility index (Phi) is 3.43. The quantitative estimate of drug-likeness (QED) is 0.580. The minimum Gasteiger partial charge on any atom is -0.396 e. The maximum absolute atomic E-state index is 8.90. The molecular formula is C13H12N4OS. The molecule has 2 aromatic heterocycles. The Morgan fingerprint density at radius 1 is 1.16 bits per heavy atom. The predicted octanol–water partition coefficient (Wildman–Crippen LogP) is 1.90. The van der Waals surface area contributed by atoms with Crippen LogP contribution in [0.4, 0.5) is 0 Å². The molecule has 0 atom stereocenters. The van der Waals surface area contributed by atoms with Crippen LogP contribution >= 0.6 is 11.8 Å². The van der Waals surface area contributed by atoms with Crippen LogP contribution in [0, 0.1) is 0 Å². The standard InChI is InChI=1S/C13H12N4OS/c18-6-7-19-13-11-8-16-17(12(11)14-9-15-13)10-4-2-1-3-5-10/h1-5,8-9,18H,6-7H2. The first-order valence-corrected chi connectivity index (χ1v) is 6.86. The molecular weight excluding hydrogens is 260 g/mol. The zero-order valence-electron chi connectivity index (χ0n) is 10.1. The molecule has 96 valence electrons. The summed E-state index contributed by atoms with van der Waals surface area (Å²) in [6, 6.07) is 9.85. The molecule has 5 nitrogen and oxygen atoms in total. The third kappa shape index (κ3) is 2.32. The highest BCUT2D eigenvalue weighted by molar-refractivity contribution is 7.99. The first kappa shape index (κ1) is 12.1. The van der Waals surface area contributed by atoms with Gasteiger partial charge in [-0.05, 0) is 12.1 Å². The third-order valence-corrected chi connectivity index (χ3v) is 3.65. The molecule has 0 saturated heterocycles. The van der Waals surface area contributed by atoms with Crippen LogP contribution in [0.2, 0.25) is 0 Å². The Labute approximate surface area is 114 Å². The molecule has 0 aliphatic heterocycles. The smallest absolute Gasteiger partial charge is 0.167 e. The Balaban J connectivity index is 2.09. The fourth-order valence-electron chi connectivity index (χ4n) is 1.84. The summed E-state index contributed by atoms with van der Waals surface area (Å²) in [5.41, 5.74) is 1.75. The van der Waals surface area contributed by atoms with E-state index in [2.05, 4.69) is 15.1 Å². The van der Waals surface area contributed by atoms with Crippen LogP contribution in [0.25, 0.3) is 16.7 Å². The van der Waals surface area contributed by atoms with Crippen molar-refractivity contribution in [1.29, 1.82) is 0 Å². The first-order valence-electron chi connectivity index (χ1n) is 5.88. The van der Waals surface area contributed by atoms with E-state index in [0.29, 0.717) is 5.75 Å². The highest BCUT2D eigenvalue weighted by atomic mass is 32.2. The molecule has 0 fully saturated rings. The van der Waals surface area contributed by atoms with E-state index in [4.69, 9.17) is 5.11 Å². The maximum atomic E-state index is 8.90. The number of aliphatic hydroxyl groups is 1. The SMILES string of the molecule is OCCSc1ncnc2c1cnn2-c1ccccc1. The second-order valence-electron chi connectivity index (χ2n) is 3.88. The van der Waals surface area contributed by atoms with Gasteiger partial charge in [0.05, 0.1) is 23.9 Å². The molecule has 0 aliphatic rings. The van der Waals surface area contributed by atoms with Crippen molar-refractivity contribution in [1.82, 2.24) is 19.7 Å². The molecule has 0 aliphatic carbocycles. The molecule has 0 spiro atoms. The van der Waals surface area contributed by atoms with Crippen molar-refractivity contribution in [3.8, 4) is 5.69 Å². The molecule has 0 bridgehead atoms. The first-order chi connectivity index (χ1) is 9.40. The van der Waals surface area contributed by atoms with Crippen LogP contribution in [-0.4, -0.2) is 37.2 Å².